The van der Waals surface area contributed by atoms with Gasteiger partial charge < -0.3 is 31.2 Å². The maximum atomic E-state index is 10.9. The second-order valence-corrected chi connectivity index (χ2v) is 4.61. The highest BCUT2D eigenvalue weighted by Crippen LogP contribution is 2.21. The van der Waals surface area contributed by atoms with Crippen molar-refractivity contribution in [1.82, 2.24) is 14.9 Å². The molecule has 0 radical (unpaired) electrons. The number of hydrogen-bond acceptors (Lipinski definition) is 8. The van der Waals surface area contributed by atoms with Crippen molar-refractivity contribution in [3.8, 4) is 0 Å². The van der Waals surface area contributed by atoms with Gasteiger partial charge in [0, 0.05) is 32.7 Å². The van der Waals surface area contributed by atoms with Gasteiger partial charge in [0.2, 0.25) is 0 Å². The van der Waals surface area contributed by atoms with Crippen LogP contribution in [0.1, 0.15) is 5.56 Å². The van der Waals surface area contributed by atoms with Gasteiger partial charge in [-0.2, -0.15) is 0 Å². The fourth-order valence-electron chi connectivity index (χ4n) is 2.08. The molecule has 0 bridgehead atoms. The number of anilines is 2. The molecule has 0 saturated carbocycles. The third-order valence-corrected chi connectivity index (χ3v) is 3.21. The number of piperazine rings is 1. The lowest BCUT2D eigenvalue weighted by Crippen LogP contribution is -2.48. The van der Waals surface area contributed by atoms with E-state index in [2.05, 4.69) is 15.1 Å². The zero-order chi connectivity index (χ0) is 15.9. The lowest BCUT2D eigenvalue weighted by Gasteiger charge is -2.34. The second-order valence-electron chi connectivity index (χ2n) is 4.61. The monoisotopic (exact) mass is 309 g/mol. The number of oxime groups is 1. The molecular weight excluding hydrogens is 290 g/mol. The van der Waals surface area contributed by atoms with E-state index < -0.39 is 6.09 Å². The van der Waals surface area contributed by atoms with E-state index in [4.69, 9.17) is 21.4 Å². The Balaban J connectivity index is 2.12. The highest BCUT2D eigenvalue weighted by molar-refractivity contribution is 5.91. The Morgan fingerprint density at radius 3 is 2.77 bits per heavy atom. The van der Waals surface area contributed by atoms with Gasteiger partial charge in [0.15, 0.2) is 0 Å². The van der Waals surface area contributed by atoms with Crippen LogP contribution in [0.25, 0.3) is 0 Å². The van der Waals surface area contributed by atoms with Gasteiger partial charge in [0.1, 0.15) is 24.6 Å². The van der Waals surface area contributed by atoms with Gasteiger partial charge in [-0.25, -0.2) is 14.8 Å². The van der Waals surface area contributed by atoms with Gasteiger partial charge in [-0.1, -0.05) is 5.16 Å². The van der Waals surface area contributed by atoms with Crippen LogP contribution in [0.15, 0.2) is 11.5 Å². The summed E-state index contributed by atoms with van der Waals surface area (Å²) in [6.45, 7) is 2.51. The zero-order valence-corrected chi connectivity index (χ0v) is 12.1. The molecule has 1 aromatic heterocycles. The highest BCUT2D eigenvalue weighted by Gasteiger charge is 2.23. The Kier molecular flexibility index (Phi) is 5.31. The summed E-state index contributed by atoms with van der Waals surface area (Å²) in [4.78, 5) is 27.4. The first-order valence-corrected chi connectivity index (χ1v) is 6.82. The average molecular weight is 309 g/mol. The normalized spacial score (nSPS) is 15.3. The molecule has 0 unspecified atom stereocenters. The van der Waals surface area contributed by atoms with E-state index in [0.717, 1.165) is 0 Å². The van der Waals surface area contributed by atoms with Crippen molar-refractivity contribution in [1.29, 1.82) is 0 Å². The maximum Gasteiger partial charge on any atom is 0.407 e. The lowest BCUT2D eigenvalue weighted by atomic mass is 10.2. The molecule has 22 heavy (non-hydrogen) atoms. The van der Waals surface area contributed by atoms with Crippen molar-refractivity contribution in [3.05, 3.63) is 11.9 Å². The third kappa shape index (κ3) is 3.73. The molecule has 2 rings (SSSR count). The van der Waals surface area contributed by atoms with Gasteiger partial charge in [-0.15, -0.1) is 0 Å². The fraction of sp³-hybridized carbons (Fsp3) is 0.500. The van der Waals surface area contributed by atoms with E-state index in [1.54, 1.807) is 0 Å². The van der Waals surface area contributed by atoms with E-state index in [0.29, 0.717) is 50.7 Å². The lowest BCUT2D eigenvalue weighted by molar-refractivity contribution is 0.142. The molecule has 1 aromatic rings. The van der Waals surface area contributed by atoms with Crippen LogP contribution < -0.4 is 16.4 Å². The minimum absolute atomic E-state index is 0.283. The van der Waals surface area contributed by atoms with E-state index >= 15 is 0 Å². The number of hydrogen-bond donors (Lipinski definition) is 3. The van der Waals surface area contributed by atoms with E-state index in [1.807, 2.05) is 4.90 Å². The number of carbonyl (C=O) groups is 1. The van der Waals surface area contributed by atoms with Crippen LogP contribution in [-0.4, -0.2) is 71.6 Å². The molecule has 0 aliphatic carbocycles. The number of nitrogen functional groups attached to an aromatic ring is 1. The number of carboxylic acid groups (broad SMARTS) is 1. The topological polar surface area (TPSA) is 143 Å². The maximum absolute atomic E-state index is 10.9. The van der Waals surface area contributed by atoms with Gasteiger partial charge in [-0.3, -0.25) is 0 Å². The SMILES string of the molecule is NCCO/N=C/c1c(N)ncnc1N1CCN(C(=O)O)CC1. The molecule has 1 fully saturated rings. The first-order valence-electron chi connectivity index (χ1n) is 6.82. The van der Waals surface area contributed by atoms with Crippen LogP contribution in [0.2, 0.25) is 0 Å². The smallest absolute Gasteiger partial charge is 0.407 e. The Bertz CT molecular complexity index is 544. The van der Waals surface area contributed by atoms with Crippen molar-refractivity contribution in [2.45, 2.75) is 0 Å². The predicted molar refractivity (Wildman–Crippen MR) is 80.9 cm³/mol. The number of nitrogens with two attached hydrogens (primary N) is 2. The highest BCUT2D eigenvalue weighted by atomic mass is 16.6. The van der Waals surface area contributed by atoms with E-state index in [9.17, 15) is 4.79 Å². The number of aromatic nitrogens is 2. The summed E-state index contributed by atoms with van der Waals surface area (Å²) in [5, 5.41) is 12.8. The third-order valence-electron chi connectivity index (χ3n) is 3.21. The molecule has 10 heteroatoms. The standard InChI is InChI=1S/C12H19N7O3/c13-1-6-22-17-7-9-10(14)15-8-16-11(9)18-2-4-19(5-3-18)12(20)21/h7-8H,1-6,13H2,(H,20,21)(H2,14,15,16)/b17-7+. The molecule has 1 aliphatic heterocycles. The van der Waals surface area contributed by atoms with Gasteiger partial charge in [-0.05, 0) is 0 Å². The quantitative estimate of drug-likeness (QED) is 0.363. The summed E-state index contributed by atoms with van der Waals surface area (Å²) < 4.78 is 0. The number of amides is 1. The molecule has 0 aromatic carbocycles. The van der Waals surface area contributed by atoms with Crippen LogP contribution in [0.3, 0.4) is 0 Å². The average Bonchev–Trinajstić information content (AvgIpc) is 2.53. The van der Waals surface area contributed by atoms with Gasteiger partial charge in [0.25, 0.3) is 0 Å². The first-order chi connectivity index (χ1) is 10.6. The molecule has 120 valence electrons. The Hall–Kier alpha value is -2.62. The summed E-state index contributed by atoms with van der Waals surface area (Å²) >= 11 is 0. The van der Waals surface area contributed by atoms with Crippen LogP contribution in [0.5, 0.6) is 0 Å². The molecule has 2 heterocycles. The number of rotatable bonds is 5. The van der Waals surface area contributed by atoms with Crippen molar-refractivity contribution in [3.63, 3.8) is 0 Å². The molecule has 5 N–H and O–H groups in total. The van der Waals surface area contributed by atoms with Crippen molar-refractivity contribution >= 4 is 23.9 Å². The second kappa shape index (κ2) is 7.41. The van der Waals surface area contributed by atoms with Crippen LogP contribution >= 0.6 is 0 Å². The predicted octanol–water partition coefficient (Wildman–Crippen LogP) is -0.832. The Morgan fingerprint density at radius 1 is 1.41 bits per heavy atom. The molecule has 0 spiro atoms. The Labute approximate surface area is 127 Å². The molecule has 1 aliphatic rings. The molecule has 0 atom stereocenters. The van der Waals surface area contributed by atoms with Gasteiger partial charge in [0.05, 0.1) is 11.8 Å². The molecular formula is C12H19N7O3. The van der Waals surface area contributed by atoms with Crippen molar-refractivity contribution in [2.75, 3.05) is 50.0 Å². The summed E-state index contributed by atoms with van der Waals surface area (Å²) in [5.74, 6) is 0.892. The fourth-order valence-corrected chi connectivity index (χ4v) is 2.08. The summed E-state index contributed by atoms with van der Waals surface area (Å²) in [6, 6.07) is 0. The number of nitrogens with zero attached hydrogens (tertiary/aromatic N) is 5. The largest absolute Gasteiger partial charge is 0.465 e. The minimum atomic E-state index is -0.918. The van der Waals surface area contributed by atoms with Crippen molar-refractivity contribution < 1.29 is 14.7 Å². The summed E-state index contributed by atoms with van der Waals surface area (Å²) in [7, 11) is 0. The van der Waals surface area contributed by atoms with Crippen molar-refractivity contribution in [2.24, 2.45) is 10.9 Å². The summed E-state index contributed by atoms with van der Waals surface area (Å²) in [6.07, 6.45) is 1.90. The summed E-state index contributed by atoms with van der Waals surface area (Å²) in [5.41, 5.74) is 11.7. The van der Waals surface area contributed by atoms with Crippen LogP contribution in [-0.2, 0) is 4.84 Å². The zero-order valence-electron chi connectivity index (χ0n) is 12.1. The molecule has 1 amide bonds. The van der Waals surface area contributed by atoms with Crippen LogP contribution in [0.4, 0.5) is 16.4 Å². The van der Waals surface area contributed by atoms with E-state index in [1.165, 1.54) is 17.4 Å². The minimum Gasteiger partial charge on any atom is -0.465 e. The molecule has 1 saturated heterocycles. The van der Waals surface area contributed by atoms with Gasteiger partial charge >= 0.3 is 6.09 Å². The first kappa shape index (κ1) is 15.8. The van der Waals surface area contributed by atoms with E-state index in [-0.39, 0.29) is 5.82 Å². The Morgan fingerprint density at radius 2 is 2.14 bits per heavy atom. The van der Waals surface area contributed by atoms with Crippen LogP contribution in [0, 0.1) is 0 Å². The molecule has 10 nitrogen and oxygen atoms in total.